The molecular formula is C24H23FN4O4S. The number of carboxylic acids is 1. The standard InChI is InChI=1S/C24H23FN4O4S/c1-24(2,3)33-23(32)28-8-4-5-18(28)13-6-7-14(15(25)9-13)17-12-29-19-11-26-16(21(30)31)10-20(19)34-22(29)27-17/h6-7,9-12,18H,4-5,8H2,1-3H3,(H,30,31). The molecule has 0 spiro atoms. The van der Waals surface area contributed by atoms with Crippen molar-refractivity contribution in [2.45, 2.75) is 45.3 Å². The summed E-state index contributed by atoms with van der Waals surface area (Å²) in [5.41, 5.74) is 1.62. The number of nitrogens with zero attached hydrogens (tertiary/aromatic N) is 4. The average Bonchev–Trinajstić information content (AvgIpc) is 3.46. The predicted octanol–water partition coefficient (Wildman–Crippen LogP) is 5.52. The highest BCUT2D eigenvalue weighted by molar-refractivity contribution is 7.23. The number of rotatable bonds is 3. The molecule has 1 aliphatic heterocycles. The van der Waals surface area contributed by atoms with Crippen molar-refractivity contribution in [3.05, 3.63) is 53.7 Å². The van der Waals surface area contributed by atoms with Crippen molar-refractivity contribution in [3.63, 3.8) is 0 Å². The van der Waals surface area contributed by atoms with Gasteiger partial charge in [0.05, 0.1) is 28.1 Å². The Morgan fingerprint density at radius 3 is 2.76 bits per heavy atom. The zero-order valence-electron chi connectivity index (χ0n) is 18.9. The number of amides is 1. The van der Waals surface area contributed by atoms with E-state index in [9.17, 15) is 9.59 Å². The first-order chi connectivity index (χ1) is 16.1. The molecule has 176 valence electrons. The number of hydrogen-bond donors (Lipinski definition) is 1. The van der Waals surface area contributed by atoms with Crippen molar-refractivity contribution in [1.29, 1.82) is 0 Å². The summed E-state index contributed by atoms with van der Waals surface area (Å²) in [5, 5.41) is 9.14. The normalized spacial score (nSPS) is 16.5. The van der Waals surface area contributed by atoms with Gasteiger partial charge in [0.15, 0.2) is 4.96 Å². The number of aromatic carboxylic acids is 1. The van der Waals surface area contributed by atoms with Crippen LogP contribution in [0.4, 0.5) is 9.18 Å². The number of carbonyl (C=O) groups is 2. The number of hydrogen-bond acceptors (Lipinski definition) is 6. The summed E-state index contributed by atoms with van der Waals surface area (Å²) in [5.74, 6) is -1.52. The fraction of sp³-hybridized carbons (Fsp3) is 0.333. The molecule has 0 saturated carbocycles. The van der Waals surface area contributed by atoms with E-state index >= 15 is 4.39 Å². The van der Waals surface area contributed by atoms with Gasteiger partial charge in [0.25, 0.3) is 0 Å². The summed E-state index contributed by atoms with van der Waals surface area (Å²) in [6, 6.07) is 6.25. The fourth-order valence-electron chi connectivity index (χ4n) is 4.24. The van der Waals surface area contributed by atoms with Gasteiger partial charge in [0, 0.05) is 18.3 Å². The number of fused-ring (bicyclic) bond motifs is 3. The SMILES string of the molecule is CC(C)(C)OC(=O)N1CCCC1c1ccc(-c2cn3c(n2)sc2cc(C(=O)O)ncc23)c(F)c1. The van der Waals surface area contributed by atoms with E-state index < -0.39 is 17.4 Å². The van der Waals surface area contributed by atoms with Crippen molar-refractivity contribution >= 4 is 38.6 Å². The zero-order valence-corrected chi connectivity index (χ0v) is 19.7. The highest BCUT2D eigenvalue weighted by Gasteiger charge is 2.33. The van der Waals surface area contributed by atoms with Crippen molar-refractivity contribution in [3.8, 4) is 11.3 Å². The Morgan fingerprint density at radius 1 is 1.26 bits per heavy atom. The van der Waals surface area contributed by atoms with Crippen LogP contribution in [0.1, 0.15) is 55.7 Å². The molecule has 10 heteroatoms. The fourth-order valence-corrected chi connectivity index (χ4v) is 5.26. The number of pyridine rings is 1. The van der Waals surface area contributed by atoms with E-state index in [4.69, 9.17) is 9.84 Å². The van der Waals surface area contributed by atoms with Crippen LogP contribution in [0.2, 0.25) is 0 Å². The van der Waals surface area contributed by atoms with E-state index in [-0.39, 0.29) is 17.8 Å². The lowest BCUT2D eigenvalue weighted by molar-refractivity contribution is 0.0224. The van der Waals surface area contributed by atoms with Gasteiger partial charge in [-0.05, 0) is 57.4 Å². The number of carboxylic acid groups (broad SMARTS) is 1. The number of carbonyl (C=O) groups excluding carboxylic acids is 1. The van der Waals surface area contributed by atoms with Crippen LogP contribution in [-0.2, 0) is 4.74 Å². The van der Waals surface area contributed by atoms with E-state index in [2.05, 4.69) is 9.97 Å². The van der Waals surface area contributed by atoms with E-state index in [1.807, 2.05) is 26.8 Å². The van der Waals surface area contributed by atoms with Crippen LogP contribution < -0.4 is 0 Å². The second-order valence-electron chi connectivity index (χ2n) is 9.29. The van der Waals surface area contributed by atoms with Crippen molar-refractivity contribution in [1.82, 2.24) is 19.3 Å². The zero-order chi connectivity index (χ0) is 24.2. The predicted molar refractivity (Wildman–Crippen MR) is 126 cm³/mol. The summed E-state index contributed by atoms with van der Waals surface area (Å²) < 4.78 is 23.3. The van der Waals surface area contributed by atoms with Gasteiger partial charge in [-0.1, -0.05) is 17.4 Å². The minimum Gasteiger partial charge on any atom is -0.477 e. The maximum Gasteiger partial charge on any atom is 0.410 e. The Bertz CT molecular complexity index is 1440. The van der Waals surface area contributed by atoms with Crippen molar-refractivity contribution in [2.75, 3.05) is 6.54 Å². The number of likely N-dealkylation sites (tertiary alicyclic amines) is 1. The highest BCUT2D eigenvalue weighted by Crippen LogP contribution is 2.36. The third-order valence-corrected chi connectivity index (χ3v) is 6.75. The quantitative estimate of drug-likeness (QED) is 0.413. The van der Waals surface area contributed by atoms with Gasteiger partial charge in [-0.15, -0.1) is 0 Å². The monoisotopic (exact) mass is 482 g/mol. The molecule has 5 rings (SSSR count). The second kappa shape index (κ2) is 8.05. The molecule has 8 nitrogen and oxygen atoms in total. The Labute approximate surface area is 198 Å². The van der Waals surface area contributed by atoms with Gasteiger partial charge in [-0.2, -0.15) is 0 Å². The summed E-state index contributed by atoms with van der Waals surface area (Å²) in [6.45, 7) is 6.05. The third kappa shape index (κ3) is 3.98. The van der Waals surface area contributed by atoms with E-state index in [1.54, 1.807) is 21.6 Å². The van der Waals surface area contributed by atoms with Gasteiger partial charge in [-0.25, -0.2) is 23.9 Å². The summed E-state index contributed by atoms with van der Waals surface area (Å²) in [4.78, 5) is 34.6. The smallest absolute Gasteiger partial charge is 0.410 e. The summed E-state index contributed by atoms with van der Waals surface area (Å²) in [6.07, 6.45) is 4.39. The van der Waals surface area contributed by atoms with Gasteiger partial charge >= 0.3 is 12.1 Å². The number of aromatic nitrogens is 3. The molecule has 3 aromatic heterocycles. The van der Waals surface area contributed by atoms with E-state index in [1.165, 1.54) is 29.7 Å². The first-order valence-corrected chi connectivity index (χ1v) is 11.7. The molecule has 4 aromatic rings. The third-order valence-electron chi connectivity index (χ3n) is 5.73. The van der Waals surface area contributed by atoms with Gasteiger partial charge in [0.2, 0.25) is 0 Å². The molecule has 1 aliphatic rings. The van der Waals surface area contributed by atoms with Crippen molar-refractivity contribution in [2.24, 2.45) is 0 Å². The largest absolute Gasteiger partial charge is 0.477 e. The maximum absolute atomic E-state index is 15.2. The van der Waals surface area contributed by atoms with Gasteiger partial charge < -0.3 is 14.7 Å². The maximum atomic E-state index is 15.2. The number of ether oxygens (including phenoxy) is 1. The lowest BCUT2D eigenvalue weighted by Crippen LogP contribution is -2.36. The molecule has 1 atom stereocenters. The lowest BCUT2D eigenvalue weighted by Gasteiger charge is -2.29. The van der Waals surface area contributed by atoms with Crippen LogP contribution in [0.5, 0.6) is 0 Å². The first-order valence-electron chi connectivity index (χ1n) is 10.9. The molecule has 4 heterocycles. The first kappa shape index (κ1) is 22.3. The molecule has 0 radical (unpaired) electrons. The molecule has 0 aliphatic carbocycles. The Hall–Kier alpha value is -3.53. The second-order valence-corrected chi connectivity index (χ2v) is 10.3. The Balaban J connectivity index is 1.44. The Kier molecular flexibility index (Phi) is 5.27. The molecule has 1 fully saturated rings. The number of benzene rings is 1. The minimum atomic E-state index is -1.09. The van der Waals surface area contributed by atoms with Crippen LogP contribution in [0.15, 0.2) is 36.7 Å². The topological polar surface area (TPSA) is 97.0 Å². The molecule has 34 heavy (non-hydrogen) atoms. The summed E-state index contributed by atoms with van der Waals surface area (Å²) in [7, 11) is 0. The van der Waals surface area contributed by atoms with E-state index in [0.29, 0.717) is 28.3 Å². The van der Waals surface area contributed by atoms with Crippen LogP contribution in [-0.4, -0.2) is 48.6 Å². The lowest BCUT2D eigenvalue weighted by atomic mass is 10.0. The molecule has 1 unspecified atom stereocenters. The van der Waals surface area contributed by atoms with Gasteiger partial charge in [0.1, 0.15) is 17.1 Å². The molecule has 1 saturated heterocycles. The van der Waals surface area contributed by atoms with E-state index in [0.717, 1.165) is 23.1 Å². The van der Waals surface area contributed by atoms with Crippen molar-refractivity contribution < 1.29 is 23.8 Å². The van der Waals surface area contributed by atoms with Gasteiger partial charge in [-0.3, -0.25) is 4.40 Å². The highest BCUT2D eigenvalue weighted by atomic mass is 32.1. The minimum absolute atomic E-state index is 0.0359. The van der Waals surface area contributed by atoms with Crippen LogP contribution >= 0.6 is 11.3 Å². The molecule has 1 aromatic carbocycles. The number of thiazole rings is 1. The molecular weight excluding hydrogens is 459 g/mol. The van der Waals surface area contributed by atoms with Crippen LogP contribution in [0.25, 0.3) is 26.4 Å². The average molecular weight is 483 g/mol. The van der Waals surface area contributed by atoms with Crippen LogP contribution in [0.3, 0.4) is 0 Å². The number of halogens is 1. The molecule has 0 bridgehead atoms. The van der Waals surface area contributed by atoms with Crippen LogP contribution in [0, 0.1) is 5.82 Å². The number of imidazole rings is 1. The molecule has 1 amide bonds. The molecule has 1 N–H and O–H groups in total. The summed E-state index contributed by atoms with van der Waals surface area (Å²) >= 11 is 1.31. The Morgan fingerprint density at radius 2 is 2.06 bits per heavy atom.